The van der Waals surface area contributed by atoms with Gasteiger partial charge in [-0.1, -0.05) is 0 Å². The molecule has 0 saturated heterocycles. The van der Waals surface area contributed by atoms with Crippen LogP contribution in [0.5, 0.6) is 0 Å². The molecule has 50 valence electrons. The van der Waals surface area contributed by atoms with E-state index in [-0.39, 0.29) is 24.5 Å². The van der Waals surface area contributed by atoms with Gasteiger partial charge in [0.1, 0.15) is 0 Å². The minimum atomic E-state index is 0. The van der Waals surface area contributed by atoms with E-state index < -0.39 is 0 Å². The van der Waals surface area contributed by atoms with Crippen LogP contribution in [0.1, 0.15) is 27.2 Å². The molecule has 0 aliphatic carbocycles. The van der Waals surface area contributed by atoms with Crippen molar-refractivity contribution in [3.63, 3.8) is 0 Å². The maximum atomic E-state index is 5.32. The monoisotopic (exact) mass is 122 g/mol. The summed E-state index contributed by atoms with van der Waals surface area (Å²) in [6.07, 6.45) is 0.858. The molecule has 0 spiro atoms. The molecule has 0 saturated carbocycles. The fourth-order valence-electron chi connectivity index (χ4n) is 0.378. The van der Waals surface area contributed by atoms with Crippen LogP contribution in [0, 0.1) is 6.92 Å². The fraction of sp³-hybridized carbons (Fsp3) is 0.857. The van der Waals surface area contributed by atoms with Crippen molar-refractivity contribution in [2.75, 3.05) is 6.61 Å². The van der Waals surface area contributed by atoms with Crippen molar-refractivity contribution in [3.05, 3.63) is 6.92 Å². The molecular weight excluding hydrogens is 107 g/mol. The molecule has 1 nitrogen and oxygen atoms in total. The summed E-state index contributed by atoms with van der Waals surface area (Å²) in [7, 11) is 0. The van der Waals surface area contributed by atoms with Gasteiger partial charge in [0, 0.05) is 6.61 Å². The first-order chi connectivity index (χ1) is 3.56. The van der Waals surface area contributed by atoms with E-state index in [1.807, 2.05) is 20.8 Å². The molecule has 0 aromatic rings. The molecule has 0 aromatic carbocycles. The zero-order valence-corrected chi connectivity index (χ0v) is 7.03. The second-order valence-electron chi connectivity index (χ2n) is 2.81. The summed E-state index contributed by atoms with van der Waals surface area (Å²) < 4.78 is 5.32. The molecule has 0 atom stereocenters. The number of hydrogen-bond acceptors (Lipinski definition) is 1. The number of rotatable bonds is 2. The SMILES string of the molecule is [CH2-]CCOC(C)(C)C.[Li+]. The average Bonchev–Trinajstić information content (AvgIpc) is 1.59. The maximum absolute atomic E-state index is 5.32. The summed E-state index contributed by atoms with van der Waals surface area (Å²) in [5.41, 5.74) is 0.0116. The number of hydrogen-bond donors (Lipinski definition) is 0. The van der Waals surface area contributed by atoms with Crippen molar-refractivity contribution in [1.82, 2.24) is 0 Å². The Hall–Kier alpha value is 0.557. The van der Waals surface area contributed by atoms with Gasteiger partial charge >= 0.3 is 18.9 Å². The minimum Gasteiger partial charge on any atom is -0.379 e. The van der Waals surface area contributed by atoms with Crippen molar-refractivity contribution in [2.24, 2.45) is 0 Å². The third-order valence-electron chi connectivity index (χ3n) is 0.679. The summed E-state index contributed by atoms with van der Waals surface area (Å²) in [5, 5.41) is 0. The molecule has 2 heteroatoms. The van der Waals surface area contributed by atoms with Gasteiger partial charge in [-0.25, -0.2) is 0 Å². The van der Waals surface area contributed by atoms with Gasteiger partial charge in [-0.2, -0.15) is 6.42 Å². The maximum Gasteiger partial charge on any atom is 1.00 e. The number of ether oxygens (including phenoxy) is 1. The first-order valence-corrected chi connectivity index (χ1v) is 2.99. The van der Waals surface area contributed by atoms with Gasteiger partial charge in [0.05, 0.1) is 5.60 Å². The Morgan fingerprint density at radius 3 is 1.89 bits per heavy atom. The Morgan fingerprint density at radius 2 is 1.78 bits per heavy atom. The second-order valence-corrected chi connectivity index (χ2v) is 2.81. The zero-order chi connectivity index (χ0) is 6.62. The second kappa shape index (κ2) is 5.35. The van der Waals surface area contributed by atoms with Crippen LogP contribution in [0.4, 0.5) is 0 Å². The van der Waals surface area contributed by atoms with Gasteiger partial charge < -0.3 is 11.7 Å². The van der Waals surface area contributed by atoms with Crippen molar-refractivity contribution in [3.8, 4) is 0 Å². The average molecular weight is 122 g/mol. The molecule has 0 aliphatic heterocycles. The van der Waals surface area contributed by atoms with Gasteiger partial charge in [-0.3, -0.25) is 0 Å². The van der Waals surface area contributed by atoms with E-state index in [0.29, 0.717) is 0 Å². The van der Waals surface area contributed by atoms with E-state index in [4.69, 9.17) is 4.74 Å². The predicted octanol–water partition coefficient (Wildman–Crippen LogP) is -0.970. The molecule has 9 heavy (non-hydrogen) atoms. The smallest absolute Gasteiger partial charge is 0.379 e. The molecule has 0 radical (unpaired) electrons. The van der Waals surface area contributed by atoms with Crippen molar-refractivity contribution >= 4 is 0 Å². The largest absolute Gasteiger partial charge is 1.00 e. The van der Waals surface area contributed by atoms with Crippen LogP contribution in [0.25, 0.3) is 0 Å². The molecular formula is C7H15LiO. The van der Waals surface area contributed by atoms with Crippen molar-refractivity contribution < 1.29 is 23.6 Å². The van der Waals surface area contributed by atoms with Crippen LogP contribution in [0.15, 0.2) is 0 Å². The molecule has 0 aliphatic rings. The van der Waals surface area contributed by atoms with E-state index in [9.17, 15) is 0 Å². The van der Waals surface area contributed by atoms with Gasteiger partial charge in [-0.05, 0) is 20.8 Å². The molecule has 0 aromatic heterocycles. The third-order valence-corrected chi connectivity index (χ3v) is 0.679. The van der Waals surface area contributed by atoms with Crippen LogP contribution in [-0.4, -0.2) is 12.2 Å². The topological polar surface area (TPSA) is 9.23 Å². The zero-order valence-electron chi connectivity index (χ0n) is 7.03. The van der Waals surface area contributed by atoms with Crippen LogP contribution in [-0.2, 0) is 4.74 Å². The van der Waals surface area contributed by atoms with Crippen molar-refractivity contribution in [1.29, 1.82) is 0 Å². The van der Waals surface area contributed by atoms with E-state index in [1.165, 1.54) is 0 Å². The first-order valence-electron chi connectivity index (χ1n) is 2.99. The third kappa shape index (κ3) is 11.9. The van der Waals surface area contributed by atoms with Crippen LogP contribution in [0.3, 0.4) is 0 Å². The molecule has 0 rings (SSSR count). The Labute approximate surface area is 70.3 Å². The standard InChI is InChI=1S/C7H15O.Li/c1-5-6-8-7(2,3)4;/h1,5-6H2,2-4H3;/q-1;+1. The molecule has 0 fully saturated rings. The Bertz CT molecular complexity index is 56.4. The molecule has 0 unspecified atom stereocenters. The van der Waals surface area contributed by atoms with Gasteiger partial charge in [0.2, 0.25) is 0 Å². The van der Waals surface area contributed by atoms with E-state index >= 15 is 0 Å². The van der Waals surface area contributed by atoms with Gasteiger partial charge in [-0.15, -0.1) is 0 Å². The summed E-state index contributed by atoms with van der Waals surface area (Å²) in [4.78, 5) is 0. The summed E-state index contributed by atoms with van der Waals surface area (Å²) in [5.74, 6) is 0. The molecule has 0 bridgehead atoms. The Kier molecular flexibility index (Phi) is 7.29. The summed E-state index contributed by atoms with van der Waals surface area (Å²) in [6.45, 7) is 10.6. The van der Waals surface area contributed by atoms with Gasteiger partial charge in [0.25, 0.3) is 0 Å². The van der Waals surface area contributed by atoms with Crippen LogP contribution < -0.4 is 18.9 Å². The Morgan fingerprint density at radius 1 is 1.33 bits per heavy atom. The van der Waals surface area contributed by atoms with Crippen LogP contribution in [0.2, 0.25) is 0 Å². The van der Waals surface area contributed by atoms with E-state index in [0.717, 1.165) is 13.0 Å². The first kappa shape index (κ1) is 12.3. The fourth-order valence-corrected chi connectivity index (χ4v) is 0.378. The quantitative estimate of drug-likeness (QED) is 0.338. The van der Waals surface area contributed by atoms with E-state index in [1.54, 1.807) is 0 Å². The molecule has 0 N–H and O–H groups in total. The predicted molar refractivity (Wildman–Crippen MR) is 35.7 cm³/mol. The normalized spacial score (nSPS) is 10.7. The summed E-state index contributed by atoms with van der Waals surface area (Å²) in [6, 6.07) is 0. The molecule has 0 heterocycles. The van der Waals surface area contributed by atoms with Crippen LogP contribution >= 0.6 is 0 Å². The van der Waals surface area contributed by atoms with Crippen molar-refractivity contribution in [2.45, 2.75) is 32.8 Å². The Balaban J connectivity index is 0. The summed E-state index contributed by atoms with van der Waals surface area (Å²) >= 11 is 0. The van der Waals surface area contributed by atoms with E-state index in [2.05, 4.69) is 6.92 Å². The minimum absolute atomic E-state index is 0. The molecule has 0 amide bonds. The van der Waals surface area contributed by atoms with Gasteiger partial charge in [0.15, 0.2) is 0 Å².